The molecular weight excluding hydrogens is 438 g/mol. The van der Waals surface area contributed by atoms with Crippen molar-refractivity contribution in [1.29, 1.82) is 0 Å². The second-order valence-electron chi connectivity index (χ2n) is 8.27. The summed E-state index contributed by atoms with van der Waals surface area (Å²) in [6.45, 7) is 2.94. The molecule has 0 amide bonds. The summed E-state index contributed by atoms with van der Waals surface area (Å²) < 4.78 is 30.7. The number of aromatic amines is 1. The third kappa shape index (κ3) is 4.17. The predicted octanol–water partition coefficient (Wildman–Crippen LogP) is 4.00. The molecule has 3 heterocycles. The largest absolute Gasteiger partial charge is 0.481 e. The third-order valence-corrected chi connectivity index (χ3v) is 7.27. The van der Waals surface area contributed by atoms with Gasteiger partial charge in [-0.05, 0) is 48.2 Å². The van der Waals surface area contributed by atoms with Gasteiger partial charge in [-0.3, -0.25) is 0 Å². The number of hydrogen-bond acceptors (Lipinski definition) is 6. The standard InChI is InChI=1S/C24H25N5O3S/c1-15-7-8-17(11-19(15)24-27-21-12-23(32-2)25-13-22(21)28-24)26-20-6-4-5-16-14-29(33(3,30)31)10-9-18(16)20/h4-8,11-13,26H,9-10,14H2,1-3H3,(H,27,28). The Kier molecular flexibility index (Phi) is 5.30. The van der Waals surface area contributed by atoms with Crippen LogP contribution in [0.4, 0.5) is 11.4 Å². The highest BCUT2D eigenvalue weighted by Gasteiger charge is 2.24. The van der Waals surface area contributed by atoms with Gasteiger partial charge in [0, 0.05) is 36.1 Å². The summed E-state index contributed by atoms with van der Waals surface area (Å²) in [5, 5.41) is 3.53. The van der Waals surface area contributed by atoms with Crippen LogP contribution in [0.25, 0.3) is 22.4 Å². The Hall–Kier alpha value is -3.43. The number of benzene rings is 2. The first-order valence-corrected chi connectivity index (χ1v) is 12.5. The Morgan fingerprint density at radius 1 is 1.18 bits per heavy atom. The first kappa shape index (κ1) is 21.4. The number of H-pyrrole nitrogens is 1. The van der Waals surface area contributed by atoms with Crippen molar-refractivity contribution in [3.63, 3.8) is 0 Å². The van der Waals surface area contributed by atoms with Crippen molar-refractivity contribution >= 4 is 32.4 Å². The average molecular weight is 464 g/mol. The van der Waals surface area contributed by atoms with Gasteiger partial charge in [0.05, 0.1) is 30.6 Å². The Morgan fingerprint density at radius 3 is 2.82 bits per heavy atom. The van der Waals surface area contributed by atoms with E-state index in [0.29, 0.717) is 25.4 Å². The molecule has 0 aliphatic carbocycles. The zero-order valence-corrected chi connectivity index (χ0v) is 19.5. The van der Waals surface area contributed by atoms with Crippen LogP contribution in [0.1, 0.15) is 16.7 Å². The SMILES string of the molecule is COc1cc2nc(-c3cc(Nc4cccc5c4CCN(S(C)(=O)=O)C5)ccc3C)[nH]c2cn1. The molecule has 2 aromatic heterocycles. The lowest BCUT2D eigenvalue weighted by Gasteiger charge is -2.28. The Balaban J connectivity index is 1.47. The lowest BCUT2D eigenvalue weighted by molar-refractivity contribution is 0.395. The molecule has 0 spiro atoms. The smallest absolute Gasteiger partial charge is 0.215 e. The summed E-state index contributed by atoms with van der Waals surface area (Å²) in [4.78, 5) is 12.3. The number of pyridine rings is 1. The minimum absolute atomic E-state index is 0.402. The summed E-state index contributed by atoms with van der Waals surface area (Å²) in [6, 6.07) is 14.0. The molecule has 0 radical (unpaired) electrons. The molecule has 2 aromatic carbocycles. The normalized spacial score (nSPS) is 14.3. The van der Waals surface area contributed by atoms with Crippen LogP contribution >= 0.6 is 0 Å². The monoisotopic (exact) mass is 463 g/mol. The quantitative estimate of drug-likeness (QED) is 0.464. The molecule has 4 aromatic rings. The fourth-order valence-electron chi connectivity index (χ4n) is 4.22. The van der Waals surface area contributed by atoms with Crippen molar-refractivity contribution in [2.24, 2.45) is 0 Å². The average Bonchev–Trinajstić information content (AvgIpc) is 3.22. The lowest BCUT2D eigenvalue weighted by atomic mass is 9.98. The van der Waals surface area contributed by atoms with Crippen LogP contribution in [0.15, 0.2) is 48.7 Å². The van der Waals surface area contributed by atoms with Crippen LogP contribution < -0.4 is 10.1 Å². The topological polar surface area (TPSA) is 100 Å². The highest BCUT2D eigenvalue weighted by molar-refractivity contribution is 7.88. The van der Waals surface area contributed by atoms with Crippen molar-refractivity contribution in [1.82, 2.24) is 19.3 Å². The molecule has 0 saturated heterocycles. The van der Waals surface area contributed by atoms with Gasteiger partial charge in [-0.25, -0.2) is 18.4 Å². The van der Waals surface area contributed by atoms with Gasteiger partial charge in [-0.15, -0.1) is 0 Å². The van der Waals surface area contributed by atoms with E-state index in [9.17, 15) is 8.42 Å². The summed E-state index contributed by atoms with van der Waals surface area (Å²) in [6.07, 6.45) is 3.65. The van der Waals surface area contributed by atoms with Crippen molar-refractivity contribution in [2.45, 2.75) is 19.9 Å². The van der Waals surface area contributed by atoms with Gasteiger partial charge in [0.25, 0.3) is 0 Å². The van der Waals surface area contributed by atoms with E-state index in [2.05, 4.69) is 34.3 Å². The summed E-state index contributed by atoms with van der Waals surface area (Å²) in [7, 11) is -1.62. The van der Waals surface area contributed by atoms with Crippen molar-refractivity contribution in [2.75, 3.05) is 25.2 Å². The maximum absolute atomic E-state index is 12.0. The number of rotatable bonds is 5. The summed E-state index contributed by atoms with van der Waals surface area (Å²) in [5.74, 6) is 1.29. The Labute approximate surface area is 192 Å². The van der Waals surface area contributed by atoms with E-state index in [1.54, 1.807) is 13.3 Å². The van der Waals surface area contributed by atoms with Crippen LogP contribution in [-0.2, 0) is 23.0 Å². The Bertz CT molecular complexity index is 1460. The van der Waals surface area contributed by atoms with Gasteiger partial charge >= 0.3 is 0 Å². The molecule has 0 unspecified atom stereocenters. The van der Waals surface area contributed by atoms with Crippen LogP contribution in [0, 0.1) is 6.92 Å². The number of sulfonamides is 1. The molecule has 9 heteroatoms. The van der Waals surface area contributed by atoms with E-state index in [1.165, 1.54) is 10.6 Å². The van der Waals surface area contributed by atoms with E-state index < -0.39 is 10.0 Å². The number of methoxy groups -OCH3 is 1. The molecule has 170 valence electrons. The molecule has 1 aliphatic rings. The highest BCUT2D eigenvalue weighted by Crippen LogP contribution is 2.32. The molecule has 0 saturated carbocycles. The summed E-state index contributed by atoms with van der Waals surface area (Å²) in [5.41, 5.74) is 7.84. The number of imidazole rings is 1. The number of ether oxygens (including phenoxy) is 1. The van der Waals surface area contributed by atoms with E-state index >= 15 is 0 Å². The van der Waals surface area contributed by atoms with E-state index in [-0.39, 0.29) is 0 Å². The second-order valence-corrected chi connectivity index (χ2v) is 10.3. The van der Waals surface area contributed by atoms with Crippen LogP contribution in [-0.4, -0.2) is 47.6 Å². The molecule has 8 nitrogen and oxygen atoms in total. The number of aryl methyl sites for hydroxylation is 1. The number of nitrogens with zero attached hydrogens (tertiary/aromatic N) is 3. The van der Waals surface area contributed by atoms with Crippen molar-refractivity contribution in [3.8, 4) is 17.3 Å². The second kappa shape index (κ2) is 8.17. The number of aromatic nitrogens is 3. The van der Waals surface area contributed by atoms with Gasteiger partial charge in [0.1, 0.15) is 5.82 Å². The number of nitrogens with one attached hydrogen (secondary N) is 2. The molecule has 0 bridgehead atoms. The fourth-order valence-corrected chi connectivity index (χ4v) is 5.02. The van der Waals surface area contributed by atoms with Gasteiger partial charge in [-0.1, -0.05) is 18.2 Å². The van der Waals surface area contributed by atoms with Crippen molar-refractivity contribution in [3.05, 3.63) is 65.4 Å². The van der Waals surface area contributed by atoms with Crippen LogP contribution in [0.2, 0.25) is 0 Å². The Morgan fingerprint density at radius 2 is 2.03 bits per heavy atom. The first-order valence-electron chi connectivity index (χ1n) is 10.7. The summed E-state index contributed by atoms with van der Waals surface area (Å²) >= 11 is 0. The van der Waals surface area contributed by atoms with E-state index in [0.717, 1.165) is 50.5 Å². The van der Waals surface area contributed by atoms with Gasteiger partial charge in [0.15, 0.2) is 0 Å². The molecule has 33 heavy (non-hydrogen) atoms. The maximum Gasteiger partial charge on any atom is 0.215 e. The van der Waals surface area contributed by atoms with E-state index in [4.69, 9.17) is 9.72 Å². The number of fused-ring (bicyclic) bond motifs is 2. The molecular formula is C24H25N5O3S. The zero-order valence-electron chi connectivity index (χ0n) is 18.7. The van der Waals surface area contributed by atoms with Gasteiger partial charge < -0.3 is 15.0 Å². The van der Waals surface area contributed by atoms with Crippen LogP contribution in [0.5, 0.6) is 5.88 Å². The first-order chi connectivity index (χ1) is 15.8. The van der Waals surface area contributed by atoms with E-state index in [1.807, 2.05) is 30.3 Å². The fraction of sp³-hybridized carbons (Fsp3) is 0.250. The lowest BCUT2D eigenvalue weighted by Crippen LogP contribution is -2.35. The molecule has 2 N–H and O–H groups in total. The minimum atomic E-state index is -3.21. The maximum atomic E-state index is 12.0. The van der Waals surface area contributed by atoms with Gasteiger partial charge in [0.2, 0.25) is 15.9 Å². The third-order valence-electron chi connectivity index (χ3n) is 6.02. The molecule has 1 aliphatic heterocycles. The zero-order chi connectivity index (χ0) is 23.2. The van der Waals surface area contributed by atoms with Crippen LogP contribution in [0.3, 0.4) is 0 Å². The number of hydrogen-bond donors (Lipinski definition) is 2. The predicted molar refractivity (Wildman–Crippen MR) is 129 cm³/mol. The molecule has 0 fully saturated rings. The number of anilines is 2. The molecule has 5 rings (SSSR count). The van der Waals surface area contributed by atoms with Gasteiger partial charge in [-0.2, -0.15) is 4.31 Å². The van der Waals surface area contributed by atoms with Crippen molar-refractivity contribution < 1.29 is 13.2 Å². The highest BCUT2D eigenvalue weighted by atomic mass is 32.2. The minimum Gasteiger partial charge on any atom is -0.481 e. The molecule has 0 atom stereocenters.